The normalized spacial score (nSPS) is 25.6. The number of carbonyl (C=O) groups excluding carboxylic acids is 2. The van der Waals surface area contributed by atoms with Gasteiger partial charge >= 0.3 is 0 Å². The molecule has 158 valence electrons. The number of likely N-dealkylation sites (tertiary alicyclic amines) is 3. The molecule has 3 fully saturated rings. The molecule has 0 aromatic carbocycles. The van der Waals surface area contributed by atoms with Crippen molar-refractivity contribution in [2.45, 2.75) is 51.0 Å². The summed E-state index contributed by atoms with van der Waals surface area (Å²) in [4.78, 5) is 31.4. The van der Waals surface area contributed by atoms with Crippen LogP contribution in [-0.2, 0) is 9.59 Å². The average molecular weight is 423 g/mol. The molecule has 1 N–H and O–H groups in total. The van der Waals surface area contributed by atoms with Crippen molar-refractivity contribution in [3.05, 3.63) is 0 Å². The van der Waals surface area contributed by atoms with E-state index in [9.17, 15) is 9.59 Å². The minimum atomic E-state index is 0. The van der Waals surface area contributed by atoms with Crippen LogP contribution in [0.1, 0.15) is 44.9 Å². The van der Waals surface area contributed by atoms with Crippen LogP contribution in [0.15, 0.2) is 0 Å². The summed E-state index contributed by atoms with van der Waals surface area (Å²) in [6.07, 6.45) is 6.81. The highest BCUT2D eigenvalue weighted by Crippen LogP contribution is 2.31. The molecule has 0 aliphatic carbocycles. The van der Waals surface area contributed by atoms with Gasteiger partial charge in [-0.2, -0.15) is 0 Å². The molecule has 27 heavy (non-hydrogen) atoms. The van der Waals surface area contributed by atoms with E-state index < -0.39 is 0 Å². The van der Waals surface area contributed by atoms with Crippen LogP contribution in [0.4, 0.5) is 0 Å². The predicted octanol–water partition coefficient (Wildman–Crippen LogP) is 1.76. The molecule has 3 saturated heterocycles. The smallest absolute Gasteiger partial charge is 0.222 e. The quantitative estimate of drug-likeness (QED) is 0.678. The first-order chi connectivity index (χ1) is 12.2. The third kappa shape index (κ3) is 6.48. The summed E-state index contributed by atoms with van der Waals surface area (Å²) in [6, 6.07) is 0.336. The Kier molecular flexibility index (Phi) is 11.0. The predicted molar refractivity (Wildman–Crippen MR) is 113 cm³/mol. The molecule has 0 unspecified atom stereocenters. The molecule has 0 radical (unpaired) electrons. The highest BCUT2D eigenvalue weighted by Gasteiger charge is 2.39. The molecule has 2 atom stereocenters. The summed E-state index contributed by atoms with van der Waals surface area (Å²) >= 11 is 0. The molecule has 0 spiro atoms. The maximum atomic E-state index is 12.6. The van der Waals surface area contributed by atoms with Gasteiger partial charge in [0.15, 0.2) is 0 Å². The Bertz CT molecular complexity index is 475. The van der Waals surface area contributed by atoms with Gasteiger partial charge in [0.25, 0.3) is 0 Å². The van der Waals surface area contributed by atoms with E-state index in [1.165, 1.54) is 25.9 Å². The van der Waals surface area contributed by atoms with Crippen molar-refractivity contribution in [2.75, 3.05) is 52.9 Å². The largest absolute Gasteiger partial charge is 0.342 e. The van der Waals surface area contributed by atoms with Crippen LogP contribution in [-0.4, -0.2) is 85.4 Å². The molecule has 8 heteroatoms. The molecule has 3 aliphatic heterocycles. The van der Waals surface area contributed by atoms with Crippen LogP contribution < -0.4 is 5.32 Å². The van der Waals surface area contributed by atoms with Gasteiger partial charge in [-0.1, -0.05) is 0 Å². The number of amides is 2. The Morgan fingerprint density at radius 3 is 2.56 bits per heavy atom. The maximum Gasteiger partial charge on any atom is 0.222 e. The van der Waals surface area contributed by atoms with Gasteiger partial charge in [0, 0.05) is 45.1 Å². The lowest BCUT2D eigenvalue weighted by molar-refractivity contribution is -0.144. The SMILES string of the molecule is CNCCN1C(=O)CC[C@H]2CN(C(=O)CCCN3CCCC3)CC[C@H]21.Cl.Cl. The number of hydrogen-bond donors (Lipinski definition) is 1. The Morgan fingerprint density at radius 1 is 1.11 bits per heavy atom. The number of nitrogens with zero attached hydrogens (tertiary/aromatic N) is 3. The Hall–Kier alpha value is -0.560. The number of nitrogens with one attached hydrogen (secondary N) is 1. The Morgan fingerprint density at radius 2 is 1.85 bits per heavy atom. The molecule has 0 aromatic heterocycles. The van der Waals surface area contributed by atoms with Crippen LogP contribution in [0.3, 0.4) is 0 Å². The maximum absolute atomic E-state index is 12.6. The molecule has 3 aliphatic rings. The zero-order valence-electron chi connectivity index (χ0n) is 16.5. The van der Waals surface area contributed by atoms with Crippen molar-refractivity contribution >= 4 is 36.6 Å². The first-order valence-corrected chi connectivity index (χ1v) is 10.1. The Balaban J connectivity index is 0.00000182. The topological polar surface area (TPSA) is 55.9 Å². The number of carbonyl (C=O) groups is 2. The number of halogens is 2. The van der Waals surface area contributed by atoms with Crippen molar-refractivity contribution in [3.63, 3.8) is 0 Å². The number of likely N-dealkylation sites (N-methyl/N-ethyl adjacent to an activating group) is 1. The first-order valence-electron chi connectivity index (χ1n) is 10.1. The zero-order valence-corrected chi connectivity index (χ0v) is 18.2. The van der Waals surface area contributed by atoms with E-state index in [2.05, 4.69) is 20.0 Å². The lowest BCUT2D eigenvalue weighted by Gasteiger charge is -2.47. The molecule has 2 amide bonds. The van der Waals surface area contributed by atoms with Gasteiger partial charge in [0.2, 0.25) is 11.8 Å². The third-order valence-corrected chi connectivity index (χ3v) is 6.16. The van der Waals surface area contributed by atoms with Crippen molar-refractivity contribution < 1.29 is 9.59 Å². The second-order valence-corrected chi connectivity index (χ2v) is 7.84. The van der Waals surface area contributed by atoms with Gasteiger partial charge in [0.1, 0.15) is 0 Å². The van der Waals surface area contributed by atoms with E-state index in [4.69, 9.17) is 0 Å². The van der Waals surface area contributed by atoms with Gasteiger partial charge in [-0.05, 0) is 64.7 Å². The van der Waals surface area contributed by atoms with Gasteiger partial charge < -0.3 is 20.0 Å². The summed E-state index contributed by atoms with van der Waals surface area (Å²) in [7, 11) is 1.93. The fourth-order valence-electron chi connectivity index (χ4n) is 4.72. The van der Waals surface area contributed by atoms with Crippen LogP contribution >= 0.6 is 24.8 Å². The fourth-order valence-corrected chi connectivity index (χ4v) is 4.72. The third-order valence-electron chi connectivity index (χ3n) is 6.16. The van der Waals surface area contributed by atoms with Gasteiger partial charge in [-0.15, -0.1) is 24.8 Å². The van der Waals surface area contributed by atoms with Crippen molar-refractivity contribution in [3.8, 4) is 0 Å². The lowest BCUT2D eigenvalue weighted by Crippen LogP contribution is -2.57. The van der Waals surface area contributed by atoms with Crippen LogP contribution in [0.2, 0.25) is 0 Å². The van der Waals surface area contributed by atoms with E-state index in [1.807, 2.05) is 7.05 Å². The van der Waals surface area contributed by atoms with Gasteiger partial charge in [0.05, 0.1) is 0 Å². The van der Waals surface area contributed by atoms with E-state index in [0.29, 0.717) is 36.6 Å². The lowest BCUT2D eigenvalue weighted by atomic mass is 9.83. The molecule has 0 bridgehead atoms. The van der Waals surface area contributed by atoms with Crippen LogP contribution in [0.25, 0.3) is 0 Å². The van der Waals surface area contributed by atoms with Gasteiger partial charge in [-0.25, -0.2) is 0 Å². The average Bonchev–Trinajstić information content (AvgIpc) is 3.14. The van der Waals surface area contributed by atoms with E-state index in [-0.39, 0.29) is 24.8 Å². The fraction of sp³-hybridized carbons (Fsp3) is 0.895. The second-order valence-electron chi connectivity index (χ2n) is 7.84. The van der Waals surface area contributed by atoms with E-state index in [1.54, 1.807) is 0 Å². The summed E-state index contributed by atoms with van der Waals surface area (Å²) in [6.45, 7) is 6.77. The first kappa shape index (κ1) is 24.5. The van der Waals surface area contributed by atoms with Crippen molar-refractivity contribution in [2.24, 2.45) is 5.92 Å². The summed E-state index contributed by atoms with van der Waals surface area (Å²) in [5.74, 6) is 1.07. The molecule has 0 aromatic rings. The summed E-state index contributed by atoms with van der Waals surface area (Å²) in [5.41, 5.74) is 0. The van der Waals surface area contributed by atoms with E-state index >= 15 is 0 Å². The van der Waals surface area contributed by atoms with Crippen molar-refractivity contribution in [1.29, 1.82) is 0 Å². The minimum absolute atomic E-state index is 0. The van der Waals surface area contributed by atoms with Crippen LogP contribution in [0, 0.1) is 5.92 Å². The zero-order chi connectivity index (χ0) is 17.6. The summed E-state index contributed by atoms with van der Waals surface area (Å²) in [5, 5.41) is 3.14. The number of piperidine rings is 2. The van der Waals surface area contributed by atoms with Crippen LogP contribution in [0.5, 0.6) is 0 Å². The molecule has 6 nitrogen and oxygen atoms in total. The standard InChI is InChI=1S/C19H34N4O2.2ClH/c1-20-9-14-23-17-8-13-22(15-16(17)6-7-19(23)25)18(24)5-4-12-21-10-2-3-11-21;;/h16-17,20H,2-15H2,1H3;2*1H/t16-,17+;;/m0../s1. The molecule has 3 rings (SSSR count). The molecular formula is C19H36Cl2N4O2. The highest BCUT2D eigenvalue weighted by molar-refractivity contribution is 5.85. The Labute approximate surface area is 176 Å². The number of fused-ring (bicyclic) bond motifs is 1. The molecular weight excluding hydrogens is 387 g/mol. The number of rotatable bonds is 7. The van der Waals surface area contributed by atoms with Crippen molar-refractivity contribution in [1.82, 2.24) is 20.0 Å². The van der Waals surface area contributed by atoms with E-state index in [0.717, 1.165) is 52.0 Å². The minimum Gasteiger partial charge on any atom is -0.342 e. The number of hydrogen-bond acceptors (Lipinski definition) is 4. The van der Waals surface area contributed by atoms with Gasteiger partial charge in [-0.3, -0.25) is 9.59 Å². The molecule has 0 saturated carbocycles. The molecule has 3 heterocycles. The second kappa shape index (κ2) is 12.1. The summed E-state index contributed by atoms with van der Waals surface area (Å²) < 4.78 is 0. The monoisotopic (exact) mass is 422 g/mol. The highest BCUT2D eigenvalue weighted by atomic mass is 35.5.